The number of aliphatic hydroxyl groups excluding tert-OH is 1. The zero-order valence-corrected chi connectivity index (χ0v) is 12.8. The van der Waals surface area contributed by atoms with E-state index in [1.807, 2.05) is 18.2 Å². The number of hydrogen-bond donors (Lipinski definition) is 1. The Kier molecular flexibility index (Phi) is 4.85. The summed E-state index contributed by atoms with van der Waals surface area (Å²) in [5.74, 6) is 0.518. The number of para-hydroxylation sites is 1. The van der Waals surface area contributed by atoms with Crippen LogP contribution in [-0.4, -0.2) is 38.9 Å². The van der Waals surface area contributed by atoms with Crippen LogP contribution < -0.4 is 4.90 Å². The van der Waals surface area contributed by atoms with Gasteiger partial charge in [-0.3, -0.25) is 0 Å². The summed E-state index contributed by atoms with van der Waals surface area (Å²) in [7, 11) is 0. The highest BCUT2D eigenvalue weighted by molar-refractivity contribution is 5.56. The van der Waals surface area contributed by atoms with Crippen LogP contribution in [0.3, 0.4) is 0 Å². The van der Waals surface area contributed by atoms with Gasteiger partial charge in [0.1, 0.15) is 18.7 Å². The van der Waals surface area contributed by atoms with Crippen LogP contribution >= 0.6 is 0 Å². The van der Waals surface area contributed by atoms with Crippen molar-refractivity contribution in [3.05, 3.63) is 42.0 Å². The fourth-order valence-electron chi connectivity index (χ4n) is 3.19. The van der Waals surface area contributed by atoms with Crippen molar-refractivity contribution >= 4 is 5.69 Å². The van der Waals surface area contributed by atoms with E-state index in [0.29, 0.717) is 18.8 Å². The van der Waals surface area contributed by atoms with Gasteiger partial charge >= 0.3 is 0 Å². The van der Waals surface area contributed by atoms with Crippen LogP contribution in [0.2, 0.25) is 0 Å². The van der Waals surface area contributed by atoms with Gasteiger partial charge in [0.15, 0.2) is 0 Å². The Balaban J connectivity index is 1.88. The number of aliphatic hydroxyl groups is 1. The maximum absolute atomic E-state index is 12.7. The molecule has 1 atom stereocenters. The van der Waals surface area contributed by atoms with Gasteiger partial charge in [-0.1, -0.05) is 18.2 Å². The number of alkyl halides is 2. The minimum atomic E-state index is -2.46. The highest BCUT2D eigenvalue weighted by Gasteiger charge is 2.27. The summed E-state index contributed by atoms with van der Waals surface area (Å²) in [6.45, 7) is 0.0664. The maximum atomic E-state index is 12.7. The summed E-state index contributed by atoms with van der Waals surface area (Å²) in [5, 5.41) is 13.2. The molecule has 0 bridgehead atoms. The minimum absolute atomic E-state index is 0.104. The summed E-state index contributed by atoms with van der Waals surface area (Å²) in [5.41, 5.74) is 2.32. The summed E-state index contributed by atoms with van der Waals surface area (Å²) >= 11 is 0. The van der Waals surface area contributed by atoms with Crippen LogP contribution in [-0.2, 0) is 19.5 Å². The van der Waals surface area contributed by atoms with Gasteiger partial charge in [-0.05, 0) is 30.9 Å². The van der Waals surface area contributed by atoms with Gasteiger partial charge in [0.2, 0.25) is 0 Å². The molecule has 0 unspecified atom stereocenters. The highest BCUT2D eigenvalue weighted by atomic mass is 19.3. The predicted octanol–water partition coefficient (Wildman–Crippen LogP) is 2.25. The molecule has 3 rings (SSSR count). The molecule has 2 aromatic rings. The molecule has 124 valence electrons. The predicted molar refractivity (Wildman–Crippen MR) is 82.5 cm³/mol. The number of benzene rings is 1. The Morgan fingerprint density at radius 2 is 2.13 bits per heavy atom. The average molecular weight is 322 g/mol. The molecule has 23 heavy (non-hydrogen) atoms. The lowest BCUT2D eigenvalue weighted by Crippen LogP contribution is -2.40. The van der Waals surface area contributed by atoms with E-state index in [0.717, 1.165) is 18.5 Å². The van der Waals surface area contributed by atoms with Crippen molar-refractivity contribution in [1.82, 2.24) is 14.8 Å². The second-order valence-corrected chi connectivity index (χ2v) is 5.71. The number of aromatic nitrogens is 3. The third-order valence-electron chi connectivity index (χ3n) is 4.27. The van der Waals surface area contributed by atoms with E-state index >= 15 is 0 Å². The number of nitrogens with zero attached hydrogens (tertiary/aromatic N) is 4. The monoisotopic (exact) mass is 322 g/mol. The van der Waals surface area contributed by atoms with Crippen molar-refractivity contribution in [3.63, 3.8) is 0 Å². The first-order valence-corrected chi connectivity index (χ1v) is 7.79. The molecule has 5 nitrogen and oxygen atoms in total. The minimum Gasteiger partial charge on any atom is -0.396 e. The molecule has 0 radical (unpaired) electrons. The van der Waals surface area contributed by atoms with Crippen molar-refractivity contribution in [1.29, 1.82) is 0 Å². The van der Waals surface area contributed by atoms with Crippen LogP contribution in [0.25, 0.3) is 0 Å². The molecule has 1 aromatic heterocycles. The van der Waals surface area contributed by atoms with E-state index in [2.05, 4.69) is 21.0 Å². The molecule has 0 aliphatic carbocycles. The molecule has 1 aromatic carbocycles. The Hall–Kier alpha value is -2.02. The molecular weight excluding hydrogens is 302 g/mol. The van der Waals surface area contributed by atoms with Gasteiger partial charge in [0, 0.05) is 18.3 Å². The smallest absolute Gasteiger partial charge is 0.257 e. The number of rotatable bonds is 6. The lowest BCUT2D eigenvalue weighted by Gasteiger charge is -2.38. The van der Waals surface area contributed by atoms with E-state index in [4.69, 9.17) is 0 Å². The summed E-state index contributed by atoms with van der Waals surface area (Å²) in [4.78, 5) is 6.30. The van der Waals surface area contributed by atoms with Crippen molar-refractivity contribution in [2.45, 2.75) is 44.8 Å². The quantitative estimate of drug-likeness (QED) is 0.886. The van der Waals surface area contributed by atoms with Crippen LogP contribution in [0.5, 0.6) is 0 Å². The van der Waals surface area contributed by atoms with Crippen molar-refractivity contribution in [2.75, 3.05) is 11.5 Å². The molecule has 7 heteroatoms. The van der Waals surface area contributed by atoms with Gasteiger partial charge in [-0.15, -0.1) is 0 Å². The zero-order valence-electron chi connectivity index (χ0n) is 12.8. The van der Waals surface area contributed by atoms with Gasteiger partial charge in [-0.25, -0.2) is 18.4 Å². The van der Waals surface area contributed by atoms with E-state index in [1.165, 1.54) is 16.6 Å². The molecule has 1 N–H and O–H groups in total. The van der Waals surface area contributed by atoms with Crippen LogP contribution in [0.1, 0.15) is 24.2 Å². The van der Waals surface area contributed by atoms with E-state index in [1.54, 1.807) is 0 Å². The second kappa shape index (κ2) is 7.04. The Labute approximate surface area is 133 Å². The fourth-order valence-corrected chi connectivity index (χ4v) is 3.19. The lowest BCUT2D eigenvalue weighted by atomic mass is 9.94. The number of halogens is 2. The highest BCUT2D eigenvalue weighted by Crippen LogP contribution is 2.32. The number of aryl methyl sites for hydroxylation is 1. The fraction of sp³-hybridized carbons (Fsp3) is 0.500. The van der Waals surface area contributed by atoms with E-state index in [-0.39, 0.29) is 12.6 Å². The third kappa shape index (κ3) is 3.50. The first-order chi connectivity index (χ1) is 11.2. The number of fused-ring (bicyclic) bond motifs is 1. The Morgan fingerprint density at radius 1 is 1.30 bits per heavy atom. The summed E-state index contributed by atoms with van der Waals surface area (Å²) in [6, 6.07) is 8.26. The summed E-state index contributed by atoms with van der Waals surface area (Å²) < 4.78 is 26.6. The van der Waals surface area contributed by atoms with Crippen molar-refractivity contribution in [3.8, 4) is 0 Å². The van der Waals surface area contributed by atoms with Crippen molar-refractivity contribution < 1.29 is 13.9 Å². The van der Waals surface area contributed by atoms with Gasteiger partial charge < -0.3 is 10.0 Å². The lowest BCUT2D eigenvalue weighted by molar-refractivity contribution is 0.120. The standard InChI is InChI=1S/C16H20F2N4O/c17-15(18)9-22-16(19-11-20-22)10-21-13(7-8-23)6-5-12-3-1-2-4-14(12)21/h1-4,11,13,15,23H,5-10H2/t13-/m1/s1. The summed E-state index contributed by atoms with van der Waals surface area (Å²) in [6.07, 6.45) is 1.39. The molecular formula is C16H20F2N4O. The van der Waals surface area contributed by atoms with Crippen LogP contribution in [0.4, 0.5) is 14.5 Å². The second-order valence-electron chi connectivity index (χ2n) is 5.71. The normalized spacial score (nSPS) is 17.6. The van der Waals surface area contributed by atoms with Gasteiger partial charge in [0.25, 0.3) is 6.43 Å². The molecule has 0 saturated heterocycles. The first kappa shape index (κ1) is 15.9. The average Bonchev–Trinajstić information content (AvgIpc) is 2.96. The van der Waals surface area contributed by atoms with Gasteiger partial charge in [-0.2, -0.15) is 5.10 Å². The van der Waals surface area contributed by atoms with E-state index in [9.17, 15) is 13.9 Å². The first-order valence-electron chi connectivity index (χ1n) is 7.79. The Bertz CT molecular complexity index is 647. The molecule has 0 amide bonds. The largest absolute Gasteiger partial charge is 0.396 e. The third-order valence-corrected chi connectivity index (χ3v) is 4.27. The Morgan fingerprint density at radius 3 is 2.91 bits per heavy atom. The number of hydrogen-bond acceptors (Lipinski definition) is 4. The SMILES string of the molecule is OCC[C@H]1CCc2ccccc2N1Cc1ncnn1CC(F)F. The van der Waals surface area contributed by atoms with Crippen LogP contribution in [0, 0.1) is 0 Å². The maximum Gasteiger partial charge on any atom is 0.257 e. The topological polar surface area (TPSA) is 54.2 Å². The molecule has 2 heterocycles. The van der Waals surface area contributed by atoms with Crippen LogP contribution in [0.15, 0.2) is 30.6 Å². The molecule has 0 spiro atoms. The number of anilines is 1. The molecule has 0 saturated carbocycles. The molecule has 0 fully saturated rings. The van der Waals surface area contributed by atoms with E-state index < -0.39 is 13.0 Å². The molecule has 1 aliphatic heterocycles. The van der Waals surface area contributed by atoms with Crippen molar-refractivity contribution in [2.24, 2.45) is 0 Å². The zero-order chi connectivity index (χ0) is 16.2. The van der Waals surface area contributed by atoms with Gasteiger partial charge in [0.05, 0.1) is 6.54 Å². The molecule has 1 aliphatic rings.